The fraction of sp³-hybridized carbons (Fsp3) is 0.417. The van der Waals surface area contributed by atoms with Gasteiger partial charge in [-0.3, -0.25) is 0 Å². The lowest BCUT2D eigenvalue weighted by Crippen LogP contribution is -2.21. The van der Waals surface area contributed by atoms with E-state index in [1.165, 1.54) is 16.8 Å². The Kier molecular flexibility index (Phi) is 4.86. The van der Waals surface area contributed by atoms with Gasteiger partial charge in [0.15, 0.2) is 5.82 Å². The van der Waals surface area contributed by atoms with Crippen LogP contribution in [0.25, 0.3) is 5.69 Å². The number of ether oxygens (including phenoxy) is 1. The van der Waals surface area contributed by atoms with Crippen molar-refractivity contribution in [3.05, 3.63) is 35.7 Å². The molecule has 0 bridgehead atoms. The van der Waals surface area contributed by atoms with E-state index in [0.29, 0.717) is 25.5 Å². The van der Waals surface area contributed by atoms with Crippen molar-refractivity contribution >= 4 is 0 Å². The Balaban J connectivity index is 2.17. The Bertz CT molecular complexity index is 584. The molecule has 0 aliphatic carbocycles. The van der Waals surface area contributed by atoms with Gasteiger partial charge in [0.1, 0.15) is 0 Å². The summed E-state index contributed by atoms with van der Waals surface area (Å²) in [5.74, 6) is 0.422. The minimum absolute atomic E-state index is 0.262. The van der Waals surface area contributed by atoms with Crippen molar-refractivity contribution in [1.29, 1.82) is 0 Å². The van der Waals surface area contributed by atoms with Crippen LogP contribution in [0.2, 0.25) is 0 Å². The molecule has 0 saturated carbocycles. The van der Waals surface area contributed by atoms with Crippen molar-refractivity contribution in [2.75, 3.05) is 20.3 Å². The second-order valence-electron chi connectivity index (χ2n) is 4.22. The molecule has 9 heteroatoms. The molecule has 0 radical (unpaired) electrons. The predicted octanol–water partition coefficient (Wildman–Crippen LogP) is 1.42. The monoisotopic (exact) mass is 301 g/mol. The van der Waals surface area contributed by atoms with Gasteiger partial charge in [-0.05, 0) is 28.6 Å². The van der Waals surface area contributed by atoms with E-state index in [0.717, 1.165) is 12.1 Å². The molecule has 6 nitrogen and oxygen atoms in total. The summed E-state index contributed by atoms with van der Waals surface area (Å²) >= 11 is 0. The average Bonchev–Trinajstić information content (AvgIpc) is 2.91. The van der Waals surface area contributed by atoms with Gasteiger partial charge in [-0.15, -0.1) is 5.10 Å². The lowest BCUT2D eigenvalue weighted by molar-refractivity contribution is -0.137. The molecule has 1 aromatic heterocycles. The predicted molar refractivity (Wildman–Crippen MR) is 67.7 cm³/mol. The molecule has 1 aromatic carbocycles. The molecule has 0 unspecified atom stereocenters. The number of benzene rings is 1. The van der Waals surface area contributed by atoms with Gasteiger partial charge in [-0.25, -0.2) is 0 Å². The largest absolute Gasteiger partial charge is 0.416 e. The maximum atomic E-state index is 12.7. The van der Waals surface area contributed by atoms with Crippen LogP contribution in [0.5, 0.6) is 0 Å². The van der Waals surface area contributed by atoms with Gasteiger partial charge in [0, 0.05) is 13.7 Å². The minimum atomic E-state index is -4.40. The summed E-state index contributed by atoms with van der Waals surface area (Å²) in [7, 11) is 1.58. The smallest absolute Gasteiger partial charge is 0.383 e. The summed E-state index contributed by atoms with van der Waals surface area (Å²) in [6, 6.07) is 4.85. The minimum Gasteiger partial charge on any atom is -0.383 e. The number of methoxy groups -OCH3 is 1. The molecule has 2 aromatic rings. The highest BCUT2D eigenvalue weighted by Gasteiger charge is 2.30. The molecule has 0 fully saturated rings. The topological polar surface area (TPSA) is 64.9 Å². The van der Waals surface area contributed by atoms with Gasteiger partial charge < -0.3 is 10.1 Å². The van der Waals surface area contributed by atoms with Crippen LogP contribution in [0.15, 0.2) is 24.3 Å². The third kappa shape index (κ3) is 3.99. The first-order chi connectivity index (χ1) is 10.0. The first-order valence-electron chi connectivity index (χ1n) is 6.17. The van der Waals surface area contributed by atoms with Crippen LogP contribution in [-0.4, -0.2) is 40.5 Å². The molecule has 0 amide bonds. The second-order valence-corrected chi connectivity index (χ2v) is 4.22. The van der Waals surface area contributed by atoms with Crippen LogP contribution >= 0.6 is 0 Å². The van der Waals surface area contributed by atoms with Gasteiger partial charge >= 0.3 is 6.18 Å². The highest BCUT2D eigenvalue weighted by Crippen LogP contribution is 2.30. The van der Waals surface area contributed by atoms with Crippen molar-refractivity contribution in [3.8, 4) is 5.69 Å². The summed E-state index contributed by atoms with van der Waals surface area (Å²) in [4.78, 5) is 0. The van der Waals surface area contributed by atoms with Gasteiger partial charge in [0.25, 0.3) is 0 Å². The molecule has 0 aliphatic heterocycles. The number of halogens is 3. The van der Waals surface area contributed by atoms with Crippen LogP contribution in [0, 0.1) is 0 Å². The van der Waals surface area contributed by atoms with E-state index in [1.54, 1.807) is 7.11 Å². The summed E-state index contributed by atoms with van der Waals surface area (Å²) in [5, 5.41) is 14.1. The van der Waals surface area contributed by atoms with Crippen molar-refractivity contribution in [1.82, 2.24) is 25.5 Å². The number of nitrogens with one attached hydrogen (secondary N) is 1. The van der Waals surface area contributed by atoms with E-state index in [1.807, 2.05) is 0 Å². The van der Waals surface area contributed by atoms with Gasteiger partial charge in [-0.1, -0.05) is 6.07 Å². The Morgan fingerprint density at radius 2 is 2.14 bits per heavy atom. The van der Waals surface area contributed by atoms with Crippen LogP contribution in [0.3, 0.4) is 0 Å². The van der Waals surface area contributed by atoms with Crippen molar-refractivity contribution < 1.29 is 17.9 Å². The molecule has 0 aliphatic rings. The molecular formula is C12H14F3N5O. The highest BCUT2D eigenvalue weighted by atomic mass is 19.4. The highest BCUT2D eigenvalue weighted by molar-refractivity contribution is 5.36. The van der Waals surface area contributed by atoms with Crippen LogP contribution < -0.4 is 5.32 Å². The normalized spacial score (nSPS) is 11.8. The van der Waals surface area contributed by atoms with E-state index in [-0.39, 0.29) is 5.69 Å². The van der Waals surface area contributed by atoms with Gasteiger partial charge in [-0.2, -0.15) is 17.9 Å². The first-order valence-corrected chi connectivity index (χ1v) is 6.17. The van der Waals surface area contributed by atoms with Crippen molar-refractivity contribution in [2.24, 2.45) is 0 Å². The third-order valence-electron chi connectivity index (χ3n) is 2.72. The summed E-state index contributed by atoms with van der Waals surface area (Å²) in [6.45, 7) is 1.43. The Morgan fingerprint density at radius 3 is 2.86 bits per heavy atom. The molecule has 0 spiro atoms. The zero-order valence-corrected chi connectivity index (χ0v) is 11.3. The van der Waals surface area contributed by atoms with E-state index in [9.17, 15) is 13.2 Å². The number of alkyl halides is 3. The Morgan fingerprint density at radius 1 is 1.33 bits per heavy atom. The zero-order valence-electron chi connectivity index (χ0n) is 11.3. The van der Waals surface area contributed by atoms with Crippen molar-refractivity contribution in [2.45, 2.75) is 12.7 Å². The maximum absolute atomic E-state index is 12.7. The van der Waals surface area contributed by atoms with Gasteiger partial charge in [0.2, 0.25) is 0 Å². The summed E-state index contributed by atoms with van der Waals surface area (Å²) < 4.78 is 44.3. The number of hydrogen-bond donors (Lipinski definition) is 1. The number of hydrogen-bond acceptors (Lipinski definition) is 5. The summed E-state index contributed by atoms with van der Waals surface area (Å²) in [5.41, 5.74) is -0.479. The lowest BCUT2D eigenvalue weighted by Gasteiger charge is -2.09. The van der Waals surface area contributed by atoms with Crippen LogP contribution in [0.1, 0.15) is 11.4 Å². The van der Waals surface area contributed by atoms with E-state index in [4.69, 9.17) is 4.74 Å². The quantitative estimate of drug-likeness (QED) is 0.817. The molecule has 1 heterocycles. The van der Waals surface area contributed by atoms with Crippen LogP contribution in [0.4, 0.5) is 13.2 Å². The number of tetrazole rings is 1. The Labute approximate surface area is 118 Å². The fourth-order valence-corrected chi connectivity index (χ4v) is 1.70. The van der Waals surface area contributed by atoms with Crippen molar-refractivity contribution in [3.63, 3.8) is 0 Å². The molecule has 1 N–H and O–H groups in total. The third-order valence-corrected chi connectivity index (χ3v) is 2.72. The van der Waals surface area contributed by atoms with E-state index < -0.39 is 11.7 Å². The van der Waals surface area contributed by atoms with E-state index in [2.05, 4.69) is 20.8 Å². The molecule has 21 heavy (non-hydrogen) atoms. The number of rotatable bonds is 6. The Hall–Kier alpha value is -2.00. The summed E-state index contributed by atoms with van der Waals surface area (Å²) in [6.07, 6.45) is -4.40. The number of aromatic nitrogens is 4. The lowest BCUT2D eigenvalue weighted by atomic mass is 10.2. The molecule has 114 valence electrons. The standard InChI is InChI=1S/C12H14F3N5O/c1-21-6-5-16-8-11-17-18-19-20(11)10-4-2-3-9(7-10)12(13,14)15/h2-4,7,16H,5-6,8H2,1H3. The van der Waals surface area contributed by atoms with Gasteiger partial charge in [0.05, 0.1) is 24.4 Å². The molecular weight excluding hydrogens is 287 g/mol. The molecule has 0 saturated heterocycles. The SMILES string of the molecule is COCCNCc1nnnn1-c1cccc(C(F)(F)F)c1. The zero-order chi connectivity index (χ0) is 15.3. The average molecular weight is 301 g/mol. The number of nitrogens with zero attached hydrogens (tertiary/aromatic N) is 4. The van der Waals surface area contributed by atoms with Crippen LogP contribution in [-0.2, 0) is 17.5 Å². The molecule has 2 rings (SSSR count). The van der Waals surface area contributed by atoms with E-state index >= 15 is 0 Å². The first kappa shape index (κ1) is 15.4. The second kappa shape index (κ2) is 6.64. The maximum Gasteiger partial charge on any atom is 0.416 e. The molecule has 0 atom stereocenters. The fourth-order valence-electron chi connectivity index (χ4n) is 1.70.